The Balaban J connectivity index is 1.82. The van der Waals surface area contributed by atoms with Crippen LogP contribution < -0.4 is 10.6 Å². The molecule has 0 aliphatic heterocycles. The van der Waals surface area contributed by atoms with Gasteiger partial charge in [-0.3, -0.25) is 4.79 Å². The summed E-state index contributed by atoms with van der Waals surface area (Å²) in [5.74, 6) is -0.150. The molecule has 1 aromatic heterocycles. The van der Waals surface area contributed by atoms with Gasteiger partial charge in [0.05, 0.1) is 11.5 Å². The largest absolute Gasteiger partial charge is 0.481 e. The highest BCUT2D eigenvalue weighted by Gasteiger charge is 2.50. The van der Waals surface area contributed by atoms with E-state index >= 15 is 0 Å². The molecule has 7 heteroatoms. The molecule has 0 radical (unpaired) electrons. The van der Waals surface area contributed by atoms with Gasteiger partial charge in [0.15, 0.2) is 0 Å². The number of hydrogen-bond donors (Lipinski definition) is 4. The van der Waals surface area contributed by atoms with Crippen LogP contribution in [0.3, 0.4) is 0 Å². The Hall–Kier alpha value is -2.05. The molecule has 1 atom stereocenters. The fourth-order valence-electron chi connectivity index (χ4n) is 1.91. The van der Waals surface area contributed by atoms with Crippen molar-refractivity contribution in [1.29, 1.82) is 0 Å². The second kappa shape index (κ2) is 5.29. The number of urea groups is 1. The van der Waals surface area contributed by atoms with Crippen LogP contribution in [0.5, 0.6) is 0 Å². The minimum atomic E-state index is -0.842. The smallest absolute Gasteiger partial charge is 0.315 e. The normalized spacial score (nSPS) is 17.5. The van der Waals surface area contributed by atoms with Crippen molar-refractivity contribution >= 4 is 12.0 Å². The minimum Gasteiger partial charge on any atom is -0.481 e. The molecule has 2 rings (SSSR count). The van der Waals surface area contributed by atoms with Gasteiger partial charge in [0, 0.05) is 18.9 Å². The fraction of sp³-hybridized carbons (Fsp3) is 0.583. The van der Waals surface area contributed by atoms with Crippen molar-refractivity contribution in [2.45, 2.75) is 32.2 Å². The van der Waals surface area contributed by atoms with E-state index in [4.69, 9.17) is 5.11 Å². The van der Waals surface area contributed by atoms with Crippen molar-refractivity contribution in [3.05, 3.63) is 18.2 Å². The average molecular weight is 266 g/mol. The average Bonchev–Trinajstić information content (AvgIpc) is 3.00. The molecule has 1 unspecified atom stereocenters. The van der Waals surface area contributed by atoms with Crippen molar-refractivity contribution < 1.29 is 14.7 Å². The second-order valence-corrected chi connectivity index (χ2v) is 4.85. The first-order chi connectivity index (χ1) is 9.07. The van der Waals surface area contributed by atoms with Crippen molar-refractivity contribution in [3.8, 4) is 0 Å². The van der Waals surface area contributed by atoms with E-state index in [0.29, 0.717) is 25.1 Å². The Labute approximate surface area is 110 Å². The van der Waals surface area contributed by atoms with Crippen LogP contribution >= 0.6 is 0 Å². The van der Waals surface area contributed by atoms with Gasteiger partial charge in [0.25, 0.3) is 0 Å². The summed E-state index contributed by atoms with van der Waals surface area (Å²) in [5.41, 5.74) is -0.746. The van der Waals surface area contributed by atoms with Crippen LogP contribution in [-0.2, 0) is 4.79 Å². The molecule has 0 spiro atoms. The maximum Gasteiger partial charge on any atom is 0.315 e. The molecule has 0 bridgehead atoms. The molecule has 19 heavy (non-hydrogen) atoms. The Morgan fingerprint density at radius 2 is 2.32 bits per heavy atom. The number of aromatic nitrogens is 2. The number of hydrogen-bond acceptors (Lipinski definition) is 3. The highest BCUT2D eigenvalue weighted by atomic mass is 16.4. The molecule has 2 amide bonds. The van der Waals surface area contributed by atoms with Crippen LogP contribution in [-0.4, -0.2) is 33.6 Å². The first-order valence-electron chi connectivity index (χ1n) is 6.34. The Morgan fingerprint density at radius 3 is 2.79 bits per heavy atom. The summed E-state index contributed by atoms with van der Waals surface area (Å²) < 4.78 is 0. The van der Waals surface area contributed by atoms with Gasteiger partial charge in [0.1, 0.15) is 5.82 Å². The first-order valence-corrected chi connectivity index (χ1v) is 6.34. The maximum absolute atomic E-state index is 11.7. The van der Waals surface area contributed by atoms with Gasteiger partial charge < -0.3 is 20.7 Å². The number of carbonyl (C=O) groups excluding carboxylic acids is 1. The molecule has 1 aliphatic rings. The number of nitrogens with one attached hydrogen (secondary N) is 3. The number of carboxylic acid groups (broad SMARTS) is 1. The zero-order valence-corrected chi connectivity index (χ0v) is 10.8. The van der Waals surface area contributed by atoms with E-state index in [9.17, 15) is 9.59 Å². The summed E-state index contributed by atoms with van der Waals surface area (Å²) in [5, 5.41) is 14.4. The number of aromatic amines is 1. The lowest BCUT2D eigenvalue weighted by molar-refractivity contribution is -0.143. The van der Waals surface area contributed by atoms with Gasteiger partial charge >= 0.3 is 12.0 Å². The fourth-order valence-corrected chi connectivity index (χ4v) is 1.91. The van der Waals surface area contributed by atoms with E-state index in [-0.39, 0.29) is 18.6 Å². The van der Waals surface area contributed by atoms with E-state index < -0.39 is 11.4 Å². The topological polar surface area (TPSA) is 107 Å². The molecule has 1 aliphatic carbocycles. The molecular weight excluding hydrogens is 248 g/mol. The van der Waals surface area contributed by atoms with Crippen LogP contribution in [0.25, 0.3) is 0 Å². The van der Waals surface area contributed by atoms with Gasteiger partial charge in [0.2, 0.25) is 0 Å². The minimum absolute atomic E-state index is 0.169. The Bertz CT molecular complexity index is 454. The summed E-state index contributed by atoms with van der Waals surface area (Å²) in [6.07, 6.45) is 5.27. The summed E-state index contributed by atoms with van der Waals surface area (Å²) in [6, 6.07) is -0.564. The van der Waals surface area contributed by atoms with Crippen LogP contribution in [0.1, 0.15) is 38.1 Å². The molecule has 0 aromatic carbocycles. The molecule has 1 aromatic rings. The zero-order valence-electron chi connectivity index (χ0n) is 10.8. The Morgan fingerprint density at radius 1 is 1.58 bits per heavy atom. The van der Waals surface area contributed by atoms with Crippen molar-refractivity contribution in [3.63, 3.8) is 0 Å². The maximum atomic E-state index is 11.7. The predicted octanol–water partition coefficient (Wildman–Crippen LogP) is 1.02. The highest BCUT2D eigenvalue weighted by Crippen LogP contribution is 2.45. The van der Waals surface area contributed by atoms with E-state index in [1.54, 1.807) is 12.4 Å². The van der Waals surface area contributed by atoms with E-state index in [0.717, 1.165) is 0 Å². The summed E-state index contributed by atoms with van der Waals surface area (Å²) in [4.78, 5) is 29.8. The molecular formula is C12H18N4O3. The third-order valence-electron chi connectivity index (χ3n) is 3.46. The number of imidazole rings is 1. The van der Waals surface area contributed by atoms with Crippen LogP contribution in [0.15, 0.2) is 12.4 Å². The number of aliphatic carboxylic acids is 1. The lowest BCUT2D eigenvalue weighted by Gasteiger charge is -2.17. The van der Waals surface area contributed by atoms with Crippen molar-refractivity contribution in [2.75, 3.05) is 6.54 Å². The van der Waals surface area contributed by atoms with Gasteiger partial charge in [-0.2, -0.15) is 0 Å². The summed E-state index contributed by atoms with van der Waals surface area (Å²) in [6.45, 7) is 2.11. The van der Waals surface area contributed by atoms with Crippen LogP contribution in [0.4, 0.5) is 4.79 Å². The van der Waals surface area contributed by atoms with Crippen LogP contribution in [0.2, 0.25) is 0 Å². The number of amides is 2. The lowest BCUT2D eigenvalue weighted by atomic mass is 10.1. The molecule has 104 valence electrons. The number of rotatable bonds is 6. The molecule has 1 fully saturated rings. The third-order valence-corrected chi connectivity index (χ3v) is 3.46. The zero-order chi connectivity index (χ0) is 13.9. The van der Waals surface area contributed by atoms with Gasteiger partial charge in [-0.15, -0.1) is 0 Å². The predicted molar refractivity (Wildman–Crippen MR) is 67.5 cm³/mol. The molecule has 1 saturated carbocycles. The standard InChI is InChI=1S/C12H18N4O3/c1-2-8(9-13-5-6-14-9)16-11(19)15-7-12(3-4-12)10(17)18/h5-6,8H,2-4,7H2,1H3,(H,13,14)(H,17,18)(H2,15,16,19). The SMILES string of the molecule is CCC(NC(=O)NCC1(C(=O)O)CC1)c1ncc[nH]1. The molecule has 7 nitrogen and oxygen atoms in total. The molecule has 4 N–H and O–H groups in total. The quantitative estimate of drug-likeness (QED) is 0.616. The lowest BCUT2D eigenvalue weighted by Crippen LogP contribution is -2.42. The van der Waals surface area contributed by atoms with E-state index in [1.807, 2.05) is 6.92 Å². The van der Waals surface area contributed by atoms with E-state index in [2.05, 4.69) is 20.6 Å². The Kier molecular flexibility index (Phi) is 3.73. The van der Waals surface area contributed by atoms with Gasteiger partial charge in [-0.1, -0.05) is 6.92 Å². The summed E-state index contributed by atoms with van der Waals surface area (Å²) >= 11 is 0. The number of H-pyrrole nitrogens is 1. The summed E-state index contributed by atoms with van der Waals surface area (Å²) in [7, 11) is 0. The molecule has 0 saturated heterocycles. The monoisotopic (exact) mass is 266 g/mol. The highest BCUT2D eigenvalue weighted by molar-refractivity contribution is 5.80. The first kappa shape index (κ1) is 13.4. The van der Waals surface area contributed by atoms with Gasteiger partial charge in [-0.25, -0.2) is 9.78 Å². The number of carbonyl (C=O) groups is 2. The van der Waals surface area contributed by atoms with Gasteiger partial charge in [-0.05, 0) is 19.3 Å². The van der Waals surface area contributed by atoms with Crippen molar-refractivity contribution in [1.82, 2.24) is 20.6 Å². The van der Waals surface area contributed by atoms with E-state index in [1.165, 1.54) is 0 Å². The number of carboxylic acids is 1. The third kappa shape index (κ3) is 3.04. The molecule has 1 heterocycles. The second-order valence-electron chi connectivity index (χ2n) is 4.85. The van der Waals surface area contributed by atoms with Crippen molar-refractivity contribution in [2.24, 2.45) is 5.41 Å². The number of nitrogens with zero attached hydrogens (tertiary/aromatic N) is 1. The van der Waals surface area contributed by atoms with Crippen LogP contribution in [0, 0.1) is 5.41 Å².